The number of hydrogen-bond acceptors (Lipinski definition) is 6. The molecule has 0 saturated carbocycles. The monoisotopic (exact) mass is 501 g/mol. The topological polar surface area (TPSA) is 89.4 Å². The number of nitrogens with zero attached hydrogens (tertiary/aromatic N) is 4. The Morgan fingerprint density at radius 1 is 1.06 bits per heavy atom. The summed E-state index contributed by atoms with van der Waals surface area (Å²) in [6.45, 7) is 2.88. The first-order valence-corrected chi connectivity index (χ1v) is 13.2. The van der Waals surface area contributed by atoms with Gasteiger partial charge in [0.25, 0.3) is 0 Å². The van der Waals surface area contributed by atoms with Crippen LogP contribution in [0, 0.1) is 5.92 Å². The molecule has 0 bridgehead atoms. The fourth-order valence-corrected chi connectivity index (χ4v) is 4.47. The highest BCUT2D eigenvalue weighted by molar-refractivity contribution is 7.84. The molecule has 1 aliphatic rings. The van der Waals surface area contributed by atoms with E-state index in [0.717, 1.165) is 24.2 Å². The van der Waals surface area contributed by atoms with Gasteiger partial charge in [-0.3, -0.25) is 8.78 Å². The number of nitrogens with one attached hydrogen (secondary N) is 1. The van der Waals surface area contributed by atoms with Gasteiger partial charge in [-0.15, -0.1) is 0 Å². The molecule has 184 valence electrons. The summed E-state index contributed by atoms with van der Waals surface area (Å²) in [6, 6.07) is 21.3. The minimum absolute atomic E-state index is 0.182. The van der Waals surface area contributed by atoms with Crippen LogP contribution < -0.4 is 15.0 Å². The number of ether oxygens (including phenoxy) is 1. The van der Waals surface area contributed by atoms with Crippen molar-refractivity contribution in [2.75, 3.05) is 30.8 Å². The van der Waals surface area contributed by atoms with E-state index in [1.54, 1.807) is 24.7 Å². The highest BCUT2D eigenvalue weighted by atomic mass is 32.2. The number of carbonyl (C=O) groups is 1. The zero-order valence-electron chi connectivity index (χ0n) is 19.9. The molecule has 1 aliphatic heterocycles. The van der Waals surface area contributed by atoms with E-state index in [1.165, 1.54) is 16.6 Å². The normalized spacial score (nSPS) is 14.2. The largest absolute Gasteiger partial charge is 0.489 e. The van der Waals surface area contributed by atoms with Crippen molar-refractivity contribution in [3.05, 3.63) is 91.0 Å². The third-order valence-corrected chi connectivity index (χ3v) is 6.92. The Kier molecular flexibility index (Phi) is 7.08. The second-order valence-electron chi connectivity index (χ2n) is 8.73. The van der Waals surface area contributed by atoms with Crippen LogP contribution >= 0.6 is 0 Å². The highest BCUT2D eigenvalue weighted by Gasteiger charge is 2.27. The molecular weight excluding hydrogens is 474 g/mol. The van der Waals surface area contributed by atoms with Gasteiger partial charge in [-0.05, 0) is 42.5 Å². The summed E-state index contributed by atoms with van der Waals surface area (Å²) in [5.41, 5.74) is 3.72. The second kappa shape index (κ2) is 10.7. The van der Waals surface area contributed by atoms with Crippen molar-refractivity contribution >= 4 is 22.5 Å². The lowest BCUT2D eigenvalue weighted by Crippen LogP contribution is -2.51. The summed E-state index contributed by atoms with van der Waals surface area (Å²) in [6.07, 6.45) is 6.54. The van der Waals surface area contributed by atoms with Crippen LogP contribution in [-0.4, -0.2) is 50.7 Å². The second-order valence-corrected chi connectivity index (χ2v) is 10.1. The predicted octanol–water partition coefficient (Wildman–Crippen LogP) is 3.96. The third kappa shape index (κ3) is 5.63. The maximum Gasteiger partial charge on any atom is 0.326 e. The minimum Gasteiger partial charge on any atom is -0.489 e. The summed E-state index contributed by atoms with van der Waals surface area (Å²) in [5.74, 6) is 1.15. The lowest BCUT2D eigenvalue weighted by molar-refractivity contribution is 0.238. The fourth-order valence-electron chi connectivity index (χ4n) is 4.01. The fraction of sp³-hybridized carbons (Fsp3) is 0.222. The van der Waals surface area contributed by atoms with Gasteiger partial charge >= 0.3 is 6.03 Å². The van der Waals surface area contributed by atoms with E-state index in [2.05, 4.69) is 32.3 Å². The summed E-state index contributed by atoms with van der Waals surface area (Å²) in [7, 11) is -1.10. The molecule has 4 aromatic rings. The molecule has 2 aromatic heterocycles. The summed E-state index contributed by atoms with van der Waals surface area (Å²) < 4.78 is 18.7. The van der Waals surface area contributed by atoms with Crippen LogP contribution in [0.15, 0.2) is 90.5 Å². The molecule has 1 atom stereocenters. The van der Waals surface area contributed by atoms with Crippen molar-refractivity contribution in [2.24, 2.45) is 5.92 Å². The zero-order chi connectivity index (χ0) is 24.9. The number of hydrogen-bond donors (Lipinski definition) is 1. The van der Waals surface area contributed by atoms with E-state index >= 15 is 0 Å². The first-order chi connectivity index (χ1) is 17.5. The van der Waals surface area contributed by atoms with Crippen LogP contribution in [-0.2, 0) is 17.4 Å². The Morgan fingerprint density at radius 2 is 1.83 bits per heavy atom. The smallest absolute Gasteiger partial charge is 0.326 e. The molecule has 9 heteroatoms. The number of aromatic nitrogens is 3. The molecule has 1 N–H and O–H groups in total. The van der Waals surface area contributed by atoms with Crippen LogP contribution in [0.5, 0.6) is 5.75 Å². The molecule has 8 nitrogen and oxygen atoms in total. The molecule has 0 aliphatic carbocycles. The lowest BCUT2D eigenvalue weighted by Gasteiger charge is -2.41. The standard InChI is InChI=1S/C27H27N5O3S/c1-36(34)26-12-7-20(13-28-26)18-35-24-10-8-22(9-11-24)25-17-32(19-30-25)27(33)29-14-21-15-31(16-21)23-5-3-2-4-6-23/h2-13,17,19,21H,14-16,18H2,1H3,(H,29,33). The van der Waals surface area contributed by atoms with Crippen molar-refractivity contribution < 1.29 is 13.7 Å². The number of pyridine rings is 1. The van der Waals surface area contributed by atoms with E-state index in [9.17, 15) is 9.00 Å². The Morgan fingerprint density at radius 3 is 2.53 bits per heavy atom. The summed E-state index contributed by atoms with van der Waals surface area (Å²) >= 11 is 0. The van der Waals surface area contributed by atoms with Gasteiger partial charge in [0.05, 0.1) is 16.5 Å². The number of carbonyl (C=O) groups excluding carboxylic acids is 1. The maximum absolute atomic E-state index is 12.6. The van der Waals surface area contributed by atoms with Gasteiger partial charge in [0.15, 0.2) is 0 Å². The molecule has 3 heterocycles. The Hall–Kier alpha value is -3.98. The van der Waals surface area contributed by atoms with Crippen molar-refractivity contribution in [3.8, 4) is 17.0 Å². The van der Waals surface area contributed by atoms with Gasteiger partial charge < -0.3 is 15.0 Å². The van der Waals surface area contributed by atoms with Gasteiger partial charge in [-0.25, -0.2) is 14.8 Å². The lowest BCUT2D eigenvalue weighted by atomic mass is 9.99. The number of para-hydroxylation sites is 1. The quantitative estimate of drug-likeness (QED) is 0.393. The van der Waals surface area contributed by atoms with Crippen molar-refractivity contribution in [2.45, 2.75) is 11.6 Å². The Labute approximate surface area is 212 Å². The van der Waals surface area contributed by atoms with E-state index < -0.39 is 10.8 Å². The molecule has 1 fully saturated rings. The van der Waals surface area contributed by atoms with E-state index in [4.69, 9.17) is 4.74 Å². The molecule has 5 rings (SSSR count). The Balaban J connectivity index is 1.09. The van der Waals surface area contributed by atoms with Gasteiger partial charge in [-0.2, -0.15) is 0 Å². The average molecular weight is 502 g/mol. The number of rotatable bonds is 8. The minimum atomic E-state index is -1.10. The molecule has 0 radical (unpaired) electrons. The van der Waals surface area contributed by atoms with Crippen LogP contribution in [0.1, 0.15) is 5.56 Å². The van der Waals surface area contributed by atoms with E-state index in [1.807, 2.05) is 48.5 Å². The van der Waals surface area contributed by atoms with Gasteiger partial charge in [0.2, 0.25) is 0 Å². The molecular formula is C27H27N5O3S. The number of anilines is 1. The average Bonchev–Trinajstić information content (AvgIpc) is 3.38. The number of amides is 1. The third-order valence-electron chi connectivity index (χ3n) is 6.09. The summed E-state index contributed by atoms with van der Waals surface area (Å²) in [4.78, 5) is 23.4. The SMILES string of the molecule is CS(=O)c1ccc(COc2ccc(-c3cn(C(=O)NCC4CN(c5ccccc5)C4)cn3)cc2)cn1. The molecule has 36 heavy (non-hydrogen) atoms. The predicted molar refractivity (Wildman–Crippen MR) is 140 cm³/mol. The van der Waals surface area contributed by atoms with E-state index in [-0.39, 0.29) is 6.03 Å². The molecule has 1 unspecified atom stereocenters. The van der Waals surface area contributed by atoms with Gasteiger partial charge in [0.1, 0.15) is 23.7 Å². The molecule has 1 amide bonds. The highest BCUT2D eigenvalue weighted by Crippen LogP contribution is 2.24. The molecule has 0 spiro atoms. The Bertz CT molecular complexity index is 1330. The van der Waals surface area contributed by atoms with Gasteiger partial charge in [-0.1, -0.05) is 24.3 Å². The van der Waals surface area contributed by atoms with Crippen molar-refractivity contribution in [1.82, 2.24) is 19.9 Å². The van der Waals surface area contributed by atoms with Crippen LogP contribution in [0.2, 0.25) is 0 Å². The number of benzene rings is 2. The molecule has 2 aromatic carbocycles. The maximum atomic E-state index is 12.6. The van der Waals surface area contributed by atoms with Crippen LogP contribution in [0.3, 0.4) is 0 Å². The van der Waals surface area contributed by atoms with Crippen LogP contribution in [0.4, 0.5) is 10.5 Å². The van der Waals surface area contributed by atoms with Crippen molar-refractivity contribution in [1.29, 1.82) is 0 Å². The first-order valence-electron chi connectivity index (χ1n) is 11.7. The number of imidazole rings is 1. The van der Waals surface area contributed by atoms with Crippen molar-refractivity contribution in [3.63, 3.8) is 0 Å². The van der Waals surface area contributed by atoms with E-state index in [0.29, 0.717) is 35.5 Å². The van der Waals surface area contributed by atoms with Gasteiger partial charge in [0, 0.05) is 61.0 Å². The van der Waals surface area contributed by atoms with Crippen LogP contribution in [0.25, 0.3) is 11.3 Å². The zero-order valence-corrected chi connectivity index (χ0v) is 20.7. The summed E-state index contributed by atoms with van der Waals surface area (Å²) in [5, 5.41) is 3.55. The first kappa shape index (κ1) is 23.7. The molecule has 1 saturated heterocycles.